The van der Waals surface area contributed by atoms with Crippen LogP contribution in [0.25, 0.3) is 0 Å². The number of imide groups is 1. The average Bonchev–Trinajstić information content (AvgIpc) is 2.36. The highest BCUT2D eigenvalue weighted by Crippen LogP contribution is 2.03. The third kappa shape index (κ3) is 7.20. The minimum atomic E-state index is -1.25. The fourth-order valence-electron chi connectivity index (χ4n) is 1.30. The van der Waals surface area contributed by atoms with Crippen molar-refractivity contribution in [3.05, 3.63) is 12.2 Å². The highest BCUT2D eigenvalue weighted by Gasteiger charge is 2.19. The number of hydrogen-bond acceptors (Lipinski definition) is 4. The number of carboxylic acids is 1. The first-order valence-electron chi connectivity index (χ1n) is 5.93. The van der Waals surface area contributed by atoms with Crippen molar-refractivity contribution in [2.75, 3.05) is 20.3 Å². The van der Waals surface area contributed by atoms with Gasteiger partial charge in [-0.3, -0.25) is 10.1 Å². The van der Waals surface area contributed by atoms with Gasteiger partial charge in [0.15, 0.2) is 0 Å². The van der Waals surface area contributed by atoms with E-state index in [0.717, 1.165) is 12.5 Å². The highest BCUT2D eigenvalue weighted by atomic mass is 16.5. The van der Waals surface area contributed by atoms with Gasteiger partial charge in [-0.25, -0.2) is 9.59 Å². The molecule has 0 spiro atoms. The summed E-state index contributed by atoms with van der Waals surface area (Å²) in [6.07, 6.45) is 2.20. The van der Waals surface area contributed by atoms with Crippen LogP contribution in [0.1, 0.15) is 20.3 Å². The molecule has 7 heteroatoms. The number of rotatable bonds is 7. The van der Waals surface area contributed by atoms with Crippen LogP contribution in [-0.4, -0.2) is 54.2 Å². The van der Waals surface area contributed by atoms with Gasteiger partial charge >= 0.3 is 12.0 Å². The Bertz CT molecular complexity index is 354. The Morgan fingerprint density at radius 3 is 2.47 bits per heavy atom. The Labute approximate surface area is 112 Å². The normalized spacial score (nSPS) is 12.2. The maximum absolute atomic E-state index is 11.9. The van der Waals surface area contributed by atoms with Gasteiger partial charge in [-0.2, -0.15) is 0 Å². The van der Waals surface area contributed by atoms with Crippen LogP contribution in [0.15, 0.2) is 12.2 Å². The molecule has 0 aliphatic rings. The summed E-state index contributed by atoms with van der Waals surface area (Å²) in [5.74, 6) is -2.01. The monoisotopic (exact) mass is 272 g/mol. The van der Waals surface area contributed by atoms with E-state index in [1.165, 1.54) is 12.0 Å². The predicted octanol–water partition coefficient (Wildman–Crippen LogP) is 0.610. The van der Waals surface area contributed by atoms with Crippen molar-refractivity contribution in [3.8, 4) is 0 Å². The number of carbonyl (C=O) groups excluding carboxylic acids is 2. The van der Waals surface area contributed by atoms with Crippen LogP contribution in [0.4, 0.5) is 4.79 Å². The maximum Gasteiger partial charge on any atom is 0.328 e. The molecule has 0 fully saturated rings. The van der Waals surface area contributed by atoms with Crippen molar-refractivity contribution in [2.45, 2.75) is 26.3 Å². The first kappa shape index (κ1) is 17.1. The van der Waals surface area contributed by atoms with Gasteiger partial charge in [0.25, 0.3) is 5.91 Å². The van der Waals surface area contributed by atoms with E-state index in [4.69, 9.17) is 9.84 Å². The summed E-state index contributed by atoms with van der Waals surface area (Å²) in [5.41, 5.74) is 0. The molecule has 0 radical (unpaired) electrons. The number of aliphatic carboxylic acids is 1. The summed E-state index contributed by atoms with van der Waals surface area (Å²) in [6.45, 7) is 4.49. The second-order valence-electron chi connectivity index (χ2n) is 3.91. The number of urea groups is 1. The molecule has 0 bridgehead atoms. The van der Waals surface area contributed by atoms with Crippen LogP contribution in [0, 0.1) is 0 Å². The van der Waals surface area contributed by atoms with E-state index in [-0.39, 0.29) is 6.04 Å². The molecule has 0 aromatic carbocycles. The quantitative estimate of drug-likeness (QED) is 0.662. The molecule has 7 nitrogen and oxygen atoms in total. The van der Waals surface area contributed by atoms with Crippen molar-refractivity contribution < 1.29 is 24.2 Å². The van der Waals surface area contributed by atoms with E-state index in [1.54, 1.807) is 0 Å². The zero-order chi connectivity index (χ0) is 14.8. The Hall–Kier alpha value is -1.89. The van der Waals surface area contributed by atoms with Gasteiger partial charge in [-0.1, -0.05) is 6.92 Å². The molecule has 0 saturated carbocycles. The van der Waals surface area contributed by atoms with Gasteiger partial charge in [0, 0.05) is 31.8 Å². The van der Waals surface area contributed by atoms with Crippen LogP contribution < -0.4 is 5.32 Å². The fraction of sp³-hybridized carbons (Fsp3) is 0.583. The lowest BCUT2D eigenvalue weighted by molar-refractivity contribution is -0.131. The molecule has 0 heterocycles. The summed E-state index contributed by atoms with van der Waals surface area (Å²) >= 11 is 0. The molecule has 108 valence electrons. The summed E-state index contributed by atoms with van der Waals surface area (Å²) in [4.78, 5) is 34.9. The van der Waals surface area contributed by atoms with Crippen LogP contribution in [0.3, 0.4) is 0 Å². The standard InChI is InChI=1S/C12H20N2O5/c1-4-9(2)14(7-8-19-3)12(18)13-10(15)5-6-11(16)17/h5-6,9H,4,7-8H2,1-3H3,(H,16,17)(H,13,15,18)/b6-5+. The van der Waals surface area contributed by atoms with Crippen LogP contribution in [0.2, 0.25) is 0 Å². The van der Waals surface area contributed by atoms with E-state index in [1.807, 2.05) is 13.8 Å². The smallest absolute Gasteiger partial charge is 0.328 e. The third-order valence-electron chi connectivity index (χ3n) is 2.53. The SMILES string of the molecule is CCC(C)N(CCOC)C(=O)NC(=O)/C=C/C(=O)O. The number of carbonyl (C=O) groups is 3. The molecule has 19 heavy (non-hydrogen) atoms. The summed E-state index contributed by atoms with van der Waals surface area (Å²) in [6, 6.07) is -0.613. The maximum atomic E-state index is 11.9. The van der Waals surface area contributed by atoms with E-state index in [9.17, 15) is 14.4 Å². The summed E-state index contributed by atoms with van der Waals surface area (Å²) < 4.78 is 4.90. The van der Waals surface area contributed by atoms with Crippen molar-refractivity contribution >= 4 is 17.9 Å². The molecule has 3 amide bonds. The molecule has 0 aromatic heterocycles. The molecule has 0 aliphatic heterocycles. The first-order chi connectivity index (χ1) is 8.92. The Morgan fingerprint density at radius 1 is 1.37 bits per heavy atom. The molecule has 0 aliphatic carbocycles. The number of nitrogens with zero attached hydrogens (tertiary/aromatic N) is 1. The lowest BCUT2D eigenvalue weighted by atomic mass is 10.2. The molecule has 0 rings (SSSR count). The number of ether oxygens (including phenoxy) is 1. The number of carboxylic acid groups (broad SMARTS) is 1. The number of hydrogen-bond donors (Lipinski definition) is 2. The summed E-state index contributed by atoms with van der Waals surface area (Å²) in [5, 5.41) is 10.5. The van der Waals surface area contributed by atoms with E-state index < -0.39 is 17.9 Å². The van der Waals surface area contributed by atoms with Crippen molar-refractivity contribution in [2.24, 2.45) is 0 Å². The molecule has 1 atom stereocenters. The topological polar surface area (TPSA) is 95.9 Å². The van der Waals surface area contributed by atoms with E-state index >= 15 is 0 Å². The minimum Gasteiger partial charge on any atom is -0.478 e. The summed E-state index contributed by atoms with van der Waals surface area (Å²) in [7, 11) is 1.52. The number of methoxy groups -OCH3 is 1. The zero-order valence-electron chi connectivity index (χ0n) is 11.4. The first-order valence-corrected chi connectivity index (χ1v) is 5.93. The zero-order valence-corrected chi connectivity index (χ0v) is 11.4. The second-order valence-corrected chi connectivity index (χ2v) is 3.91. The second kappa shape index (κ2) is 9.09. The van der Waals surface area contributed by atoms with Gasteiger partial charge in [-0.15, -0.1) is 0 Å². The number of amides is 3. The van der Waals surface area contributed by atoms with Gasteiger partial charge in [0.1, 0.15) is 0 Å². The van der Waals surface area contributed by atoms with E-state index in [2.05, 4.69) is 5.32 Å². The van der Waals surface area contributed by atoms with Crippen LogP contribution >= 0.6 is 0 Å². The Kier molecular flexibility index (Phi) is 8.19. The lowest BCUT2D eigenvalue weighted by Gasteiger charge is -2.27. The molecule has 2 N–H and O–H groups in total. The predicted molar refractivity (Wildman–Crippen MR) is 68.6 cm³/mol. The van der Waals surface area contributed by atoms with Crippen molar-refractivity contribution in [3.63, 3.8) is 0 Å². The fourth-order valence-corrected chi connectivity index (χ4v) is 1.30. The van der Waals surface area contributed by atoms with Gasteiger partial charge in [0.2, 0.25) is 0 Å². The average molecular weight is 272 g/mol. The van der Waals surface area contributed by atoms with Gasteiger partial charge < -0.3 is 14.7 Å². The van der Waals surface area contributed by atoms with Crippen molar-refractivity contribution in [1.82, 2.24) is 10.2 Å². The van der Waals surface area contributed by atoms with Crippen LogP contribution in [0.5, 0.6) is 0 Å². The lowest BCUT2D eigenvalue weighted by Crippen LogP contribution is -2.47. The van der Waals surface area contributed by atoms with E-state index in [0.29, 0.717) is 19.2 Å². The van der Waals surface area contributed by atoms with Crippen LogP contribution in [-0.2, 0) is 14.3 Å². The molecule has 0 saturated heterocycles. The minimum absolute atomic E-state index is 0.0496. The highest BCUT2D eigenvalue weighted by molar-refractivity contribution is 6.02. The Morgan fingerprint density at radius 2 is 2.00 bits per heavy atom. The number of nitrogens with one attached hydrogen (secondary N) is 1. The van der Waals surface area contributed by atoms with Gasteiger partial charge in [0.05, 0.1) is 6.61 Å². The van der Waals surface area contributed by atoms with Gasteiger partial charge in [-0.05, 0) is 13.3 Å². The largest absolute Gasteiger partial charge is 0.478 e. The third-order valence-corrected chi connectivity index (χ3v) is 2.53. The molecular formula is C12H20N2O5. The molecular weight excluding hydrogens is 252 g/mol. The van der Waals surface area contributed by atoms with Crippen molar-refractivity contribution in [1.29, 1.82) is 0 Å². The Balaban J connectivity index is 4.54. The molecule has 1 unspecified atom stereocenters. The molecule has 0 aromatic rings.